The number of hydrogen-bond donors (Lipinski definition) is 1. The molecule has 0 unspecified atom stereocenters. The number of halogens is 3. The molecule has 1 fully saturated rings. The molecule has 1 amide bonds. The molecule has 0 aliphatic carbocycles. The van der Waals surface area contributed by atoms with Gasteiger partial charge in [0.05, 0.1) is 28.8 Å². The lowest BCUT2D eigenvalue weighted by atomic mass is 10.2. The summed E-state index contributed by atoms with van der Waals surface area (Å²) in [5.74, 6) is 0.827. The number of piperazine rings is 1. The third kappa shape index (κ3) is 7.70. The molecule has 0 saturated carbocycles. The molecule has 6 rings (SSSR count). The molecule has 0 radical (unpaired) electrons. The second-order valence-corrected chi connectivity index (χ2v) is 13.8. The summed E-state index contributed by atoms with van der Waals surface area (Å²) in [6.07, 6.45) is -3.01. The number of anilines is 1. The van der Waals surface area contributed by atoms with Crippen LogP contribution >= 0.6 is 0 Å². The number of fused-ring (bicyclic) bond motifs is 1. The molecule has 0 bridgehead atoms. The number of hydrogen-bond acceptors (Lipinski definition) is 8. The van der Waals surface area contributed by atoms with Gasteiger partial charge in [-0.25, -0.2) is 13.4 Å². The van der Waals surface area contributed by atoms with E-state index in [9.17, 15) is 26.4 Å². The van der Waals surface area contributed by atoms with Crippen molar-refractivity contribution in [1.82, 2.24) is 29.1 Å². The van der Waals surface area contributed by atoms with Gasteiger partial charge in [-0.2, -0.15) is 18.3 Å². The summed E-state index contributed by atoms with van der Waals surface area (Å²) in [7, 11) is -0.365. The molecular formula is C34H36F3N7O5S. The number of ether oxygens (including phenoxy) is 2. The van der Waals surface area contributed by atoms with E-state index in [-0.39, 0.29) is 28.1 Å². The van der Waals surface area contributed by atoms with E-state index >= 15 is 0 Å². The van der Waals surface area contributed by atoms with Crippen LogP contribution in [0.25, 0.3) is 10.9 Å². The molecule has 264 valence electrons. The quantitative estimate of drug-likeness (QED) is 0.204. The van der Waals surface area contributed by atoms with Crippen LogP contribution in [-0.2, 0) is 30.7 Å². The molecule has 1 aliphatic rings. The lowest BCUT2D eigenvalue weighted by Crippen LogP contribution is -2.48. The molecule has 50 heavy (non-hydrogen) atoms. The second kappa shape index (κ2) is 13.7. The Morgan fingerprint density at radius 1 is 0.940 bits per heavy atom. The van der Waals surface area contributed by atoms with Gasteiger partial charge in [0.2, 0.25) is 5.88 Å². The predicted octanol–water partition coefficient (Wildman–Crippen LogP) is 5.42. The number of alkyl halides is 3. The lowest BCUT2D eigenvalue weighted by molar-refractivity contribution is -0.153. The molecule has 16 heteroatoms. The van der Waals surface area contributed by atoms with Crippen molar-refractivity contribution in [3.05, 3.63) is 89.5 Å². The Morgan fingerprint density at radius 2 is 1.64 bits per heavy atom. The topological polar surface area (TPSA) is 124 Å². The number of benzene rings is 2. The average Bonchev–Trinajstić information content (AvgIpc) is 3.54. The minimum absolute atomic E-state index is 0.0895. The highest BCUT2D eigenvalue weighted by Gasteiger charge is 2.29. The molecule has 1 saturated heterocycles. The number of carbonyl (C=O) groups excluding carboxylic acids is 1. The van der Waals surface area contributed by atoms with Crippen molar-refractivity contribution in [3.63, 3.8) is 0 Å². The summed E-state index contributed by atoms with van der Waals surface area (Å²) >= 11 is 0. The van der Waals surface area contributed by atoms with Crippen molar-refractivity contribution in [2.75, 3.05) is 37.5 Å². The van der Waals surface area contributed by atoms with Gasteiger partial charge < -0.3 is 18.9 Å². The van der Waals surface area contributed by atoms with Crippen LogP contribution < -0.4 is 14.2 Å². The number of sulfonamides is 1. The van der Waals surface area contributed by atoms with Gasteiger partial charge in [-0.05, 0) is 55.8 Å². The Hall–Kier alpha value is -5.09. The summed E-state index contributed by atoms with van der Waals surface area (Å²) in [6, 6.07) is 17.0. The fourth-order valence-electron chi connectivity index (χ4n) is 5.94. The Balaban J connectivity index is 1.05. The normalized spacial score (nSPS) is 14.3. The van der Waals surface area contributed by atoms with Crippen LogP contribution in [0, 0.1) is 13.8 Å². The van der Waals surface area contributed by atoms with Gasteiger partial charge in [0.15, 0.2) is 6.61 Å². The third-order valence-electron chi connectivity index (χ3n) is 8.55. The zero-order valence-electron chi connectivity index (χ0n) is 27.9. The minimum Gasteiger partial charge on any atom is -0.484 e. The van der Waals surface area contributed by atoms with E-state index in [0.29, 0.717) is 55.6 Å². The maximum atomic E-state index is 13.6. The number of aryl methyl sites for hydroxylation is 3. The van der Waals surface area contributed by atoms with Crippen LogP contribution in [0.4, 0.5) is 18.9 Å². The molecule has 4 heterocycles. The Kier molecular flexibility index (Phi) is 9.50. The lowest BCUT2D eigenvalue weighted by Gasteiger charge is -2.34. The Morgan fingerprint density at radius 3 is 2.26 bits per heavy atom. The van der Waals surface area contributed by atoms with E-state index in [1.807, 2.05) is 34.7 Å². The largest absolute Gasteiger partial charge is 0.484 e. The van der Waals surface area contributed by atoms with Crippen molar-refractivity contribution < 1.29 is 35.9 Å². The number of nitrogens with zero attached hydrogens (tertiary/aromatic N) is 6. The molecule has 12 nitrogen and oxygen atoms in total. The maximum absolute atomic E-state index is 13.6. The van der Waals surface area contributed by atoms with E-state index < -0.39 is 22.8 Å². The van der Waals surface area contributed by atoms with Crippen molar-refractivity contribution in [2.45, 2.75) is 31.5 Å². The van der Waals surface area contributed by atoms with Crippen molar-refractivity contribution >= 4 is 32.5 Å². The summed E-state index contributed by atoms with van der Waals surface area (Å²) in [6.45, 7) is 4.96. The first-order chi connectivity index (χ1) is 23.7. The second-order valence-electron chi connectivity index (χ2n) is 12.1. The van der Waals surface area contributed by atoms with Crippen LogP contribution in [0.1, 0.15) is 27.4 Å². The smallest absolute Gasteiger partial charge is 0.422 e. The molecule has 0 atom stereocenters. The molecule has 1 N–H and O–H groups in total. The summed E-state index contributed by atoms with van der Waals surface area (Å²) in [5.41, 5.74) is 3.46. The highest BCUT2D eigenvalue weighted by Crippen LogP contribution is 2.29. The van der Waals surface area contributed by atoms with Crippen LogP contribution in [0.15, 0.2) is 71.8 Å². The van der Waals surface area contributed by atoms with Gasteiger partial charge in [0.25, 0.3) is 15.9 Å². The first kappa shape index (κ1) is 34.8. The van der Waals surface area contributed by atoms with Crippen molar-refractivity contribution in [2.24, 2.45) is 14.1 Å². The Labute approximate surface area is 287 Å². The zero-order valence-corrected chi connectivity index (χ0v) is 28.7. The van der Waals surface area contributed by atoms with Crippen LogP contribution in [-0.4, -0.2) is 82.4 Å². The average molecular weight is 712 g/mol. The van der Waals surface area contributed by atoms with Crippen molar-refractivity contribution in [1.29, 1.82) is 0 Å². The number of aromatic nitrogens is 4. The van der Waals surface area contributed by atoms with E-state index in [2.05, 4.69) is 19.7 Å². The molecular weight excluding hydrogens is 675 g/mol. The predicted molar refractivity (Wildman–Crippen MR) is 180 cm³/mol. The minimum atomic E-state index is -4.39. The number of nitrogens with one attached hydrogen (secondary N) is 1. The highest BCUT2D eigenvalue weighted by atomic mass is 32.2. The highest BCUT2D eigenvalue weighted by molar-refractivity contribution is 7.92. The van der Waals surface area contributed by atoms with E-state index in [1.54, 1.807) is 51.2 Å². The van der Waals surface area contributed by atoms with Crippen LogP contribution in [0.3, 0.4) is 0 Å². The van der Waals surface area contributed by atoms with Gasteiger partial charge in [-0.1, -0.05) is 12.1 Å². The number of pyridine rings is 1. The molecule has 2 aromatic carbocycles. The van der Waals surface area contributed by atoms with Crippen LogP contribution in [0.2, 0.25) is 0 Å². The van der Waals surface area contributed by atoms with Crippen molar-refractivity contribution in [3.8, 4) is 17.4 Å². The van der Waals surface area contributed by atoms with Gasteiger partial charge >= 0.3 is 6.18 Å². The van der Waals surface area contributed by atoms with E-state index in [1.165, 1.54) is 23.0 Å². The third-order valence-corrected chi connectivity index (χ3v) is 10.2. The first-order valence-electron chi connectivity index (χ1n) is 15.7. The molecule has 1 aliphatic heterocycles. The molecule has 3 aromatic heterocycles. The summed E-state index contributed by atoms with van der Waals surface area (Å²) in [5, 5.41) is 5.05. The number of carbonyl (C=O) groups is 1. The SMILES string of the molecule is Cc1nn(C)c(C)c1S(=O)(=O)Nc1ccc(Oc2ccc3cc(C(=O)N4CCN(Cc5ccc(OCC(F)(F)F)cc5)CC4)n(C)c3c2)nc1. The molecule has 5 aromatic rings. The first-order valence-corrected chi connectivity index (χ1v) is 17.2. The van der Waals surface area contributed by atoms with E-state index in [0.717, 1.165) is 16.5 Å². The Bertz CT molecular complexity index is 2120. The fourth-order valence-corrected chi connectivity index (χ4v) is 7.42. The standard InChI is InChI=1S/C34H36F3N7O5S/c1-22-32(23(2)42(4)39-22)50(46,47)40-26-8-12-31(38-19-26)49-28-11-7-25-17-30(41(3)29(25)18-28)33(45)44-15-13-43(14-16-44)20-24-5-9-27(10-6-24)48-21-34(35,36)37/h5-12,17-19,40H,13-16,20-21H2,1-4H3. The van der Waals surface area contributed by atoms with E-state index in [4.69, 9.17) is 9.47 Å². The van der Waals surface area contributed by atoms with Gasteiger partial charge in [-0.15, -0.1) is 0 Å². The number of rotatable bonds is 10. The van der Waals surface area contributed by atoms with Gasteiger partial charge in [0.1, 0.15) is 22.1 Å². The summed E-state index contributed by atoms with van der Waals surface area (Å²) < 4.78 is 79.8. The fraction of sp³-hybridized carbons (Fsp3) is 0.324. The maximum Gasteiger partial charge on any atom is 0.422 e. The van der Waals surface area contributed by atoms with Gasteiger partial charge in [-0.3, -0.25) is 19.1 Å². The van der Waals surface area contributed by atoms with Crippen LogP contribution in [0.5, 0.6) is 17.4 Å². The van der Waals surface area contributed by atoms with Gasteiger partial charge in [0, 0.05) is 64.3 Å². The monoisotopic (exact) mass is 711 g/mol. The summed E-state index contributed by atoms with van der Waals surface area (Å²) in [4.78, 5) is 22.0. The zero-order chi connectivity index (χ0) is 35.8. The molecule has 0 spiro atoms. The number of amides is 1.